The third-order valence-electron chi connectivity index (χ3n) is 3.80. The highest BCUT2D eigenvalue weighted by atomic mass is 35.5. The SMILES string of the molecule is Cc1ccc(Nc2nncc(Nc3ccc4c(c3)OCCO4)n2)cc1Cl. The van der Waals surface area contributed by atoms with E-state index in [1.54, 1.807) is 6.20 Å². The minimum Gasteiger partial charge on any atom is -0.486 e. The maximum Gasteiger partial charge on any atom is 0.249 e. The minimum atomic E-state index is 0.368. The summed E-state index contributed by atoms with van der Waals surface area (Å²) in [5.74, 6) is 2.36. The number of fused-ring (bicyclic) bond motifs is 1. The molecule has 0 spiro atoms. The Morgan fingerprint density at radius 1 is 0.962 bits per heavy atom. The predicted molar refractivity (Wildman–Crippen MR) is 100 cm³/mol. The largest absolute Gasteiger partial charge is 0.486 e. The van der Waals surface area contributed by atoms with Crippen molar-refractivity contribution in [2.75, 3.05) is 23.8 Å². The summed E-state index contributed by atoms with van der Waals surface area (Å²) in [7, 11) is 0. The quantitative estimate of drug-likeness (QED) is 0.716. The van der Waals surface area contributed by atoms with Gasteiger partial charge in [-0.25, -0.2) is 0 Å². The summed E-state index contributed by atoms with van der Waals surface area (Å²) < 4.78 is 11.1. The molecule has 8 heteroatoms. The first-order valence-corrected chi connectivity index (χ1v) is 8.45. The number of nitrogens with one attached hydrogen (secondary N) is 2. The summed E-state index contributed by atoms with van der Waals surface area (Å²) >= 11 is 6.15. The molecule has 2 aromatic carbocycles. The molecule has 1 aromatic heterocycles. The second-order valence-corrected chi connectivity index (χ2v) is 6.14. The normalized spacial score (nSPS) is 12.5. The fourth-order valence-electron chi connectivity index (χ4n) is 2.49. The predicted octanol–water partition coefficient (Wildman–Crippen LogP) is 4.09. The molecule has 0 saturated carbocycles. The number of halogens is 1. The van der Waals surface area contributed by atoms with Crippen LogP contribution < -0.4 is 20.1 Å². The van der Waals surface area contributed by atoms with Crippen molar-refractivity contribution >= 4 is 34.7 Å². The van der Waals surface area contributed by atoms with Gasteiger partial charge in [-0.2, -0.15) is 10.1 Å². The Bertz CT molecular complexity index is 951. The Labute approximate surface area is 155 Å². The van der Waals surface area contributed by atoms with E-state index in [9.17, 15) is 0 Å². The van der Waals surface area contributed by atoms with E-state index >= 15 is 0 Å². The maximum absolute atomic E-state index is 6.15. The summed E-state index contributed by atoms with van der Waals surface area (Å²) in [6.45, 7) is 3.05. The number of aromatic nitrogens is 3. The van der Waals surface area contributed by atoms with Crippen LogP contribution in [0.5, 0.6) is 11.5 Å². The molecular formula is C18H16ClN5O2. The van der Waals surface area contributed by atoms with E-state index in [1.807, 2.05) is 43.3 Å². The van der Waals surface area contributed by atoms with Crippen molar-refractivity contribution in [3.8, 4) is 11.5 Å². The lowest BCUT2D eigenvalue weighted by molar-refractivity contribution is 0.171. The van der Waals surface area contributed by atoms with Crippen LogP contribution >= 0.6 is 11.6 Å². The Kier molecular flexibility index (Phi) is 4.45. The van der Waals surface area contributed by atoms with Gasteiger partial charge in [0.15, 0.2) is 17.3 Å². The molecule has 1 aliphatic heterocycles. The van der Waals surface area contributed by atoms with Crippen LogP contribution in [0.4, 0.5) is 23.1 Å². The van der Waals surface area contributed by atoms with Gasteiger partial charge >= 0.3 is 0 Å². The molecule has 0 fully saturated rings. The van der Waals surface area contributed by atoms with Gasteiger partial charge < -0.3 is 20.1 Å². The molecule has 0 aliphatic carbocycles. The number of ether oxygens (including phenoxy) is 2. The highest BCUT2D eigenvalue weighted by Crippen LogP contribution is 2.33. The van der Waals surface area contributed by atoms with Crippen molar-refractivity contribution in [3.63, 3.8) is 0 Å². The molecule has 132 valence electrons. The number of nitrogens with zero attached hydrogens (tertiary/aromatic N) is 3. The van der Waals surface area contributed by atoms with Gasteiger partial charge in [0.05, 0.1) is 6.20 Å². The molecule has 0 amide bonds. The van der Waals surface area contributed by atoms with Crippen LogP contribution in [-0.2, 0) is 0 Å². The zero-order chi connectivity index (χ0) is 17.9. The van der Waals surface area contributed by atoms with Gasteiger partial charge in [0.25, 0.3) is 0 Å². The lowest BCUT2D eigenvalue weighted by Crippen LogP contribution is -2.15. The van der Waals surface area contributed by atoms with Crippen LogP contribution in [0.25, 0.3) is 0 Å². The number of benzene rings is 2. The lowest BCUT2D eigenvalue weighted by Gasteiger charge is -2.19. The van der Waals surface area contributed by atoms with Crippen LogP contribution in [0, 0.1) is 6.92 Å². The molecule has 1 aliphatic rings. The van der Waals surface area contributed by atoms with Crippen molar-refractivity contribution in [1.29, 1.82) is 0 Å². The van der Waals surface area contributed by atoms with E-state index in [0.29, 0.717) is 35.8 Å². The van der Waals surface area contributed by atoms with Gasteiger partial charge in [0.1, 0.15) is 13.2 Å². The molecular weight excluding hydrogens is 354 g/mol. The molecule has 26 heavy (non-hydrogen) atoms. The topological polar surface area (TPSA) is 81.2 Å². The monoisotopic (exact) mass is 369 g/mol. The summed E-state index contributed by atoms with van der Waals surface area (Å²) in [6.07, 6.45) is 1.55. The van der Waals surface area contributed by atoms with Crippen LogP contribution in [0.15, 0.2) is 42.6 Å². The highest BCUT2D eigenvalue weighted by Gasteiger charge is 2.12. The molecule has 0 radical (unpaired) electrons. The zero-order valence-electron chi connectivity index (χ0n) is 14.0. The fraction of sp³-hybridized carbons (Fsp3) is 0.167. The van der Waals surface area contributed by atoms with Crippen molar-refractivity contribution in [2.24, 2.45) is 0 Å². The summed E-state index contributed by atoms with van der Waals surface area (Å²) in [4.78, 5) is 4.42. The summed E-state index contributed by atoms with van der Waals surface area (Å²) in [6, 6.07) is 11.3. The first-order valence-electron chi connectivity index (χ1n) is 8.07. The van der Waals surface area contributed by atoms with Crippen molar-refractivity contribution < 1.29 is 9.47 Å². The molecule has 3 aromatic rings. The molecule has 2 N–H and O–H groups in total. The summed E-state index contributed by atoms with van der Waals surface area (Å²) in [5, 5.41) is 14.9. The highest BCUT2D eigenvalue weighted by molar-refractivity contribution is 6.31. The molecule has 4 rings (SSSR count). The Balaban J connectivity index is 1.51. The van der Waals surface area contributed by atoms with Gasteiger partial charge in [-0.1, -0.05) is 17.7 Å². The van der Waals surface area contributed by atoms with Crippen LogP contribution in [0.3, 0.4) is 0 Å². The molecule has 0 saturated heterocycles. The first kappa shape index (κ1) is 16.4. The second kappa shape index (κ2) is 7.05. The zero-order valence-corrected chi connectivity index (χ0v) is 14.7. The van der Waals surface area contributed by atoms with E-state index < -0.39 is 0 Å². The molecule has 0 unspecified atom stereocenters. The van der Waals surface area contributed by atoms with Gasteiger partial charge in [-0.05, 0) is 36.8 Å². The molecule has 2 heterocycles. The van der Waals surface area contributed by atoms with Gasteiger partial charge in [0, 0.05) is 22.5 Å². The van der Waals surface area contributed by atoms with Crippen LogP contribution in [0.1, 0.15) is 5.56 Å². The fourth-order valence-corrected chi connectivity index (χ4v) is 2.67. The van der Waals surface area contributed by atoms with Gasteiger partial charge in [-0.3, -0.25) is 0 Å². The third kappa shape index (κ3) is 3.62. The van der Waals surface area contributed by atoms with E-state index in [0.717, 1.165) is 22.7 Å². The Morgan fingerprint density at radius 3 is 2.58 bits per heavy atom. The lowest BCUT2D eigenvalue weighted by atomic mass is 10.2. The summed E-state index contributed by atoms with van der Waals surface area (Å²) in [5.41, 5.74) is 2.61. The van der Waals surface area contributed by atoms with Crippen molar-refractivity contribution in [1.82, 2.24) is 15.2 Å². The number of anilines is 4. The Morgan fingerprint density at radius 2 is 1.73 bits per heavy atom. The number of hydrogen-bond donors (Lipinski definition) is 2. The van der Waals surface area contributed by atoms with Crippen LogP contribution in [0.2, 0.25) is 5.02 Å². The van der Waals surface area contributed by atoms with E-state index in [-0.39, 0.29) is 0 Å². The average Bonchev–Trinajstić information content (AvgIpc) is 2.65. The van der Waals surface area contributed by atoms with Gasteiger partial charge in [0.2, 0.25) is 5.95 Å². The minimum absolute atomic E-state index is 0.368. The average molecular weight is 370 g/mol. The number of rotatable bonds is 4. The van der Waals surface area contributed by atoms with Crippen LogP contribution in [-0.4, -0.2) is 28.4 Å². The van der Waals surface area contributed by atoms with Crippen molar-refractivity contribution in [2.45, 2.75) is 6.92 Å². The number of aryl methyl sites for hydroxylation is 1. The van der Waals surface area contributed by atoms with E-state index in [2.05, 4.69) is 25.8 Å². The van der Waals surface area contributed by atoms with Gasteiger partial charge in [-0.15, -0.1) is 5.10 Å². The maximum atomic E-state index is 6.15. The Hall–Kier alpha value is -3.06. The van der Waals surface area contributed by atoms with E-state index in [1.165, 1.54) is 0 Å². The molecule has 0 bridgehead atoms. The third-order valence-corrected chi connectivity index (χ3v) is 4.21. The smallest absolute Gasteiger partial charge is 0.249 e. The molecule has 0 atom stereocenters. The van der Waals surface area contributed by atoms with Crippen molar-refractivity contribution in [3.05, 3.63) is 53.2 Å². The molecule has 7 nitrogen and oxygen atoms in total. The van der Waals surface area contributed by atoms with E-state index in [4.69, 9.17) is 21.1 Å². The first-order chi connectivity index (χ1) is 12.7. The standard InChI is InChI=1S/C18H16ClN5O2/c1-11-2-3-12(8-14(11)19)22-18-23-17(10-20-24-18)21-13-4-5-15-16(9-13)26-7-6-25-15/h2-5,8-10H,6-7H2,1H3,(H2,21,22,23,24). The second-order valence-electron chi connectivity index (χ2n) is 5.74. The number of hydrogen-bond acceptors (Lipinski definition) is 7.